The van der Waals surface area contributed by atoms with Crippen LogP contribution in [0.4, 0.5) is 11.4 Å². The minimum Gasteiger partial charge on any atom is -0.324 e. The molecule has 1 heterocycles. The summed E-state index contributed by atoms with van der Waals surface area (Å²) < 4.78 is 0. The van der Waals surface area contributed by atoms with Crippen molar-refractivity contribution in [3.05, 3.63) is 71.3 Å². The zero-order chi connectivity index (χ0) is 20.7. The largest absolute Gasteiger partial charge is 0.324 e. The second-order valence-corrected chi connectivity index (χ2v) is 8.24. The number of nitrogens with one attached hydrogen (secondary N) is 1. The monoisotopic (exact) mass is 386 g/mol. The molecule has 0 saturated carbocycles. The van der Waals surface area contributed by atoms with E-state index in [-0.39, 0.29) is 30.2 Å². The molecule has 0 bridgehead atoms. The van der Waals surface area contributed by atoms with Crippen molar-refractivity contribution in [2.45, 2.75) is 39.5 Å². The third-order valence-corrected chi connectivity index (χ3v) is 5.59. The summed E-state index contributed by atoms with van der Waals surface area (Å²) in [7, 11) is 0. The van der Waals surface area contributed by atoms with Crippen LogP contribution in [0.3, 0.4) is 0 Å². The molecule has 0 saturated heterocycles. The van der Waals surface area contributed by atoms with Gasteiger partial charge in [0.2, 0.25) is 5.91 Å². The molecule has 0 atom stereocenters. The summed E-state index contributed by atoms with van der Waals surface area (Å²) in [6.07, 6.45) is 0. The maximum Gasteiger partial charge on any atom is 0.259 e. The lowest BCUT2D eigenvalue weighted by atomic mass is 9.92. The fourth-order valence-corrected chi connectivity index (χ4v) is 4.15. The topological polar surface area (TPSA) is 49.4 Å². The molecule has 148 valence electrons. The van der Waals surface area contributed by atoms with Crippen molar-refractivity contribution in [1.82, 2.24) is 0 Å². The van der Waals surface area contributed by atoms with Gasteiger partial charge in [0, 0.05) is 16.6 Å². The van der Waals surface area contributed by atoms with Crippen molar-refractivity contribution in [2.75, 3.05) is 16.8 Å². The molecule has 4 rings (SSSR count). The van der Waals surface area contributed by atoms with E-state index in [1.165, 1.54) is 0 Å². The van der Waals surface area contributed by atoms with Gasteiger partial charge in [-0.2, -0.15) is 0 Å². The van der Waals surface area contributed by atoms with Crippen LogP contribution in [0, 0.1) is 0 Å². The number of para-hydroxylation sites is 1. The Bertz CT molecular complexity index is 1080. The Kier molecular flexibility index (Phi) is 4.87. The van der Waals surface area contributed by atoms with Gasteiger partial charge in [-0.25, -0.2) is 0 Å². The van der Waals surface area contributed by atoms with Gasteiger partial charge in [0.05, 0.1) is 5.69 Å². The number of rotatable bonds is 5. The van der Waals surface area contributed by atoms with Crippen molar-refractivity contribution < 1.29 is 9.59 Å². The number of nitrogens with zero attached hydrogens (tertiary/aromatic N) is 1. The summed E-state index contributed by atoms with van der Waals surface area (Å²) in [6.45, 7) is 8.48. The SMILES string of the molecule is CC(C)c1cccc(C(C)C)c1NC(=O)CN1C(=O)c2cccc3cccc1c23. The molecule has 2 amide bonds. The fraction of sp³-hybridized carbons (Fsp3) is 0.280. The summed E-state index contributed by atoms with van der Waals surface area (Å²) in [5.74, 6) is 0.275. The minimum atomic E-state index is -0.182. The number of carbonyl (C=O) groups excluding carboxylic acids is 2. The van der Waals surface area contributed by atoms with Crippen LogP contribution in [-0.4, -0.2) is 18.4 Å². The van der Waals surface area contributed by atoms with Crippen LogP contribution in [-0.2, 0) is 4.79 Å². The molecule has 0 aromatic heterocycles. The Hall–Kier alpha value is -3.14. The van der Waals surface area contributed by atoms with Crippen molar-refractivity contribution in [3.63, 3.8) is 0 Å². The predicted octanol–water partition coefficient (Wildman–Crippen LogP) is 5.69. The van der Waals surface area contributed by atoms with Crippen molar-refractivity contribution in [2.24, 2.45) is 0 Å². The first-order valence-corrected chi connectivity index (χ1v) is 10.1. The second-order valence-electron chi connectivity index (χ2n) is 8.24. The lowest BCUT2D eigenvalue weighted by Crippen LogP contribution is -2.35. The van der Waals surface area contributed by atoms with E-state index < -0.39 is 0 Å². The van der Waals surface area contributed by atoms with Crippen LogP contribution in [0.5, 0.6) is 0 Å². The molecular weight excluding hydrogens is 360 g/mol. The first-order chi connectivity index (χ1) is 13.9. The number of amides is 2. The van der Waals surface area contributed by atoms with Crippen LogP contribution in [0.15, 0.2) is 54.6 Å². The fourth-order valence-electron chi connectivity index (χ4n) is 4.15. The Morgan fingerprint density at radius 3 is 2.10 bits per heavy atom. The van der Waals surface area contributed by atoms with E-state index in [1.807, 2.05) is 42.5 Å². The summed E-state index contributed by atoms with van der Waals surface area (Å²) in [4.78, 5) is 27.6. The molecule has 1 aliphatic rings. The van der Waals surface area contributed by atoms with E-state index >= 15 is 0 Å². The molecule has 0 radical (unpaired) electrons. The van der Waals surface area contributed by atoms with Gasteiger partial charge in [-0.1, -0.05) is 70.2 Å². The average molecular weight is 386 g/mol. The lowest BCUT2D eigenvalue weighted by Gasteiger charge is -2.22. The van der Waals surface area contributed by atoms with Gasteiger partial charge in [0.1, 0.15) is 6.54 Å². The highest BCUT2D eigenvalue weighted by Gasteiger charge is 2.31. The number of hydrogen-bond donors (Lipinski definition) is 1. The van der Waals surface area contributed by atoms with Crippen LogP contribution in [0.2, 0.25) is 0 Å². The van der Waals surface area contributed by atoms with Crippen LogP contribution in [0.1, 0.15) is 61.0 Å². The molecule has 0 spiro atoms. The highest BCUT2D eigenvalue weighted by molar-refractivity contribution is 6.26. The zero-order valence-electron chi connectivity index (χ0n) is 17.3. The molecular formula is C25H26N2O2. The molecule has 4 nitrogen and oxygen atoms in total. The van der Waals surface area contributed by atoms with Crippen molar-refractivity contribution in [1.29, 1.82) is 0 Å². The van der Waals surface area contributed by atoms with E-state index in [0.29, 0.717) is 5.56 Å². The number of benzene rings is 3. The average Bonchev–Trinajstić information content (AvgIpc) is 2.96. The van der Waals surface area contributed by atoms with Crippen molar-refractivity contribution in [3.8, 4) is 0 Å². The first-order valence-electron chi connectivity index (χ1n) is 10.1. The maximum atomic E-state index is 13.0. The first kappa shape index (κ1) is 19.2. The van der Waals surface area contributed by atoms with Crippen LogP contribution >= 0.6 is 0 Å². The maximum absolute atomic E-state index is 13.0. The smallest absolute Gasteiger partial charge is 0.259 e. The Labute approximate surface area is 171 Å². The molecule has 3 aromatic carbocycles. The van der Waals surface area contributed by atoms with E-state index in [4.69, 9.17) is 0 Å². The normalized spacial score (nSPS) is 13.0. The van der Waals surface area contributed by atoms with Gasteiger partial charge in [-0.15, -0.1) is 0 Å². The zero-order valence-corrected chi connectivity index (χ0v) is 17.3. The summed E-state index contributed by atoms with van der Waals surface area (Å²) >= 11 is 0. The van der Waals surface area contributed by atoms with Gasteiger partial charge >= 0.3 is 0 Å². The molecule has 4 heteroatoms. The third kappa shape index (κ3) is 3.29. The van der Waals surface area contributed by atoms with E-state index in [2.05, 4.69) is 45.1 Å². The van der Waals surface area contributed by atoms with Gasteiger partial charge in [-0.05, 0) is 40.5 Å². The molecule has 0 unspecified atom stereocenters. The van der Waals surface area contributed by atoms with Gasteiger partial charge < -0.3 is 5.32 Å². The lowest BCUT2D eigenvalue weighted by molar-refractivity contribution is -0.114. The van der Waals surface area contributed by atoms with Crippen molar-refractivity contribution >= 4 is 34.0 Å². The quantitative estimate of drug-likeness (QED) is 0.613. The van der Waals surface area contributed by atoms with Gasteiger partial charge in [0.15, 0.2) is 0 Å². The standard InChI is InChI=1S/C25H26N2O2/c1-15(2)18-10-7-11-19(16(3)4)24(18)26-22(28)14-27-21-13-6-9-17-8-5-12-20(23(17)21)25(27)29/h5-13,15-16H,14H2,1-4H3,(H,26,28). The van der Waals surface area contributed by atoms with Crippen LogP contribution < -0.4 is 10.2 Å². The summed E-state index contributed by atoms with van der Waals surface area (Å²) in [6, 6.07) is 17.7. The summed E-state index contributed by atoms with van der Waals surface area (Å²) in [5, 5.41) is 5.06. The molecule has 0 fully saturated rings. The number of hydrogen-bond acceptors (Lipinski definition) is 2. The summed E-state index contributed by atoms with van der Waals surface area (Å²) in [5.41, 5.74) is 4.58. The molecule has 29 heavy (non-hydrogen) atoms. The van der Waals surface area contributed by atoms with Crippen LogP contribution in [0.25, 0.3) is 10.8 Å². The molecule has 3 aromatic rings. The Balaban J connectivity index is 1.64. The number of carbonyl (C=O) groups is 2. The van der Waals surface area contributed by atoms with E-state index in [1.54, 1.807) is 4.90 Å². The second kappa shape index (κ2) is 7.36. The number of anilines is 2. The predicted molar refractivity (Wildman–Crippen MR) is 119 cm³/mol. The highest BCUT2D eigenvalue weighted by atomic mass is 16.2. The van der Waals surface area contributed by atoms with E-state index in [0.717, 1.165) is 33.3 Å². The molecule has 0 aliphatic carbocycles. The molecule has 1 aliphatic heterocycles. The van der Waals surface area contributed by atoms with Gasteiger partial charge in [0.25, 0.3) is 5.91 Å². The Morgan fingerprint density at radius 2 is 1.48 bits per heavy atom. The third-order valence-electron chi connectivity index (χ3n) is 5.59. The molecule has 1 N–H and O–H groups in total. The highest BCUT2D eigenvalue weighted by Crippen LogP contribution is 2.37. The minimum absolute atomic E-state index is 0.00338. The van der Waals surface area contributed by atoms with Gasteiger partial charge in [-0.3, -0.25) is 14.5 Å². The van der Waals surface area contributed by atoms with E-state index in [9.17, 15) is 9.59 Å². The Morgan fingerprint density at radius 1 is 0.897 bits per heavy atom.